The van der Waals surface area contributed by atoms with Gasteiger partial charge in [0, 0.05) is 157 Å². The third-order valence-electron chi connectivity index (χ3n) is 23.2. The molecule has 650 valence electrons. The van der Waals surface area contributed by atoms with Gasteiger partial charge < -0.3 is 50.7 Å². The number of anilines is 2. The van der Waals surface area contributed by atoms with E-state index in [9.17, 15) is 63.9 Å². The Morgan fingerprint density at radius 3 is 2.14 bits per heavy atom. The summed E-state index contributed by atoms with van der Waals surface area (Å²) in [6.07, 6.45) is 6.24. The van der Waals surface area contributed by atoms with Crippen LogP contribution in [0.5, 0.6) is 0 Å². The molecule has 4 saturated heterocycles. The van der Waals surface area contributed by atoms with Crippen molar-refractivity contribution in [3.63, 3.8) is 0 Å². The monoisotopic (exact) mass is 1760 g/mol. The standard InChI is InChI=1S/C88H109ClF3N13O12S4/c1-59(61-17-19-63(20-18-61)79-60(2)95-58-119-79)96-83(110)76-50-70(106)55-105(76)85(112)80(86(3,4)5)98-78(107)16-11-8-12-36-93-81(108)65-25-31-75(94-53-65)84(111)104-45-41-102(42-46-104)57-87(6)35-33-73(62-21-26-67(89)27-22-62)66(52-87)54-101-39-43-103(44-40-101)69-28-23-64(24-29-69)82(109)99-121(115,116)72-30-32-74(77(51-72)120(113,114)88(90,91)92)97-68(56-118-71-14-9-7-10-15-71)34-38-100-37-13-48-117-49-47-100/h7,9-10,14-15,17-32,51,53,58-59,68,70,76,80,97,106H,8,11-13,16,33-50,52,54-57H2,1-6H3,(H,93,108)(H,96,110)(H,98,107)(H,99,109)/t59-,68?,70+,76-,80?,87?/m0/s1. The highest BCUT2D eigenvalue weighted by molar-refractivity contribution is 7.99. The van der Waals surface area contributed by atoms with Crippen LogP contribution in [0.3, 0.4) is 0 Å². The van der Waals surface area contributed by atoms with Gasteiger partial charge in [-0.1, -0.05) is 106 Å². The number of thiazole rings is 1. The molecule has 6 heterocycles. The molecule has 5 aromatic carbocycles. The molecule has 4 fully saturated rings. The number of sulfone groups is 1. The fraction of sp³-hybridized carbons (Fsp3) is 0.477. The van der Waals surface area contributed by atoms with E-state index in [1.807, 2.05) is 106 Å². The third kappa shape index (κ3) is 24.2. The molecule has 2 aromatic heterocycles. The predicted octanol–water partition coefficient (Wildman–Crippen LogP) is 12.1. The third-order valence-corrected chi connectivity index (χ3v) is 28.5. The number of nitrogens with one attached hydrogen (secondary N) is 5. The summed E-state index contributed by atoms with van der Waals surface area (Å²) >= 11 is 9.40. The van der Waals surface area contributed by atoms with Crippen LogP contribution in [0, 0.1) is 17.8 Å². The van der Waals surface area contributed by atoms with Crippen molar-refractivity contribution in [1.29, 1.82) is 0 Å². The minimum Gasteiger partial charge on any atom is -0.391 e. The second-order valence-electron chi connectivity index (χ2n) is 33.4. The number of aryl methyl sites for hydroxylation is 1. The number of carbonyl (C=O) groups is 6. The van der Waals surface area contributed by atoms with E-state index in [2.05, 4.69) is 69.9 Å². The summed E-state index contributed by atoms with van der Waals surface area (Å²) < 4.78 is 105. The Morgan fingerprint density at radius 2 is 1.46 bits per heavy atom. The zero-order chi connectivity index (χ0) is 86.4. The van der Waals surface area contributed by atoms with Gasteiger partial charge in [0.2, 0.25) is 17.7 Å². The largest absolute Gasteiger partial charge is 0.501 e. The number of hydrogen-bond donors (Lipinski definition) is 6. The lowest BCUT2D eigenvalue weighted by Crippen LogP contribution is -2.57. The van der Waals surface area contributed by atoms with Crippen molar-refractivity contribution in [1.82, 2.24) is 55.1 Å². The summed E-state index contributed by atoms with van der Waals surface area (Å²) in [7, 11) is -11.1. The predicted molar refractivity (Wildman–Crippen MR) is 465 cm³/mol. The maximum absolute atomic E-state index is 14.5. The molecule has 0 bridgehead atoms. The van der Waals surface area contributed by atoms with Crippen molar-refractivity contribution in [3.05, 3.63) is 189 Å². The van der Waals surface area contributed by atoms with E-state index in [-0.39, 0.29) is 59.8 Å². The number of carbonyl (C=O) groups excluding carboxylic acids is 6. The van der Waals surface area contributed by atoms with Crippen molar-refractivity contribution in [2.75, 3.05) is 127 Å². The Bertz CT molecular complexity index is 5030. The van der Waals surface area contributed by atoms with Gasteiger partial charge in [-0.3, -0.25) is 43.6 Å². The number of alkyl halides is 3. The summed E-state index contributed by atoms with van der Waals surface area (Å²) in [5.74, 6) is -2.45. The zero-order valence-electron chi connectivity index (χ0n) is 69.2. The number of nitrogens with zero attached hydrogens (tertiary/aromatic N) is 8. The van der Waals surface area contributed by atoms with Crippen LogP contribution in [0.4, 0.5) is 24.5 Å². The average Bonchev–Trinajstić information content (AvgIpc) is 1.48. The highest BCUT2D eigenvalue weighted by Gasteiger charge is 2.49. The summed E-state index contributed by atoms with van der Waals surface area (Å²) in [5, 5.41) is 23.3. The summed E-state index contributed by atoms with van der Waals surface area (Å²) in [5.41, 5.74) is 2.68. The van der Waals surface area contributed by atoms with Crippen LogP contribution in [0.25, 0.3) is 16.0 Å². The molecular weight excluding hydrogens is 1650 g/mol. The van der Waals surface area contributed by atoms with Crippen molar-refractivity contribution in [3.8, 4) is 10.4 Å². The number of benzene rings is 5. The SMILES string of the molecule is Cc1ncsc1-c1ccc([C@H](C)NC(=O)[C@@H]2C[C@@H](O)CN2C(=O)C(NC(=O)CCCCCNC(=O)c2ccc(C(=O)N3CCN(CC4(C)CCC(c5ccc(Cl)cc5)=C(CN5CCN(c6ccc(C(=O)NS(=O)(=O)c7ccc(NC(CCN8CCCOCC8)CSc8ccccc8)c(S(=O)(=O)C(F)(F)F)c7)cc6)CC5)C4)CC3)nc2)C(C)(C)C)cc1. The van der Waals surface area contributed by atoms with Crippen LogP contribution in [-0.4, -0.2) is 239 Å². The van der Waals surface area contributed by atoms with Gasteiger partial charge in [0.15, 0.2) is 0 Å². The number of aliphatic hydroxyl groups excluding tert-OH is 1. The first-order chi connectivity index (χ1) is 57.7. The molecule has 25 nitrogen and oxygen atoms in total. The van der Waals surface area contributed by atoms with Gasteiger partial charge in [0.1, 0.15) is 22.7 Å². The Balaban J connectivity index is 0.577. The molecule has 6 atom stereocenters. The Morgan fingerprint density at radius 1 is 0.760 bits per heavy atom. The number of halogens is 4. The molecule has 33 heteroatoms. The second kappa shape index (κ2) is 40.7. The summed E-state index contributed by atoms with van der Waals surface area (Å²) in [4.78, 5) is 103. The van der Waals surface area contributed by atoms with Crippen LogP contribution >= 0.6 is 34.7 Å². The number of rotatable bonds is 32. The Hall–Kier alpha value is -8.83. The highest BCUT2D eigenvalue weighted by Crippen LogP contribution is 2.45. The first-order valence-electron chi connectivity index (χ1n) is 41.3. The Kier molecular flexibility index (Phi) is 30.7. The van der Waals surface area contributed by atoms with Gasteiger partial charge in [-0.2, -0.15) is 13.2 Å². The molecule has 1 aliphatic carbocycles. The minimum absolute atomic E-state index is 0.0423. The lowest BCUT2D eigenvalue weighted by atomic mass is 9.71. The molecule has 7 aromatic rings. The maximum Gasteiger partial charge on any atom is 0.501 e. The van der Waals surface area contributed by atoms with Crippen LogP contribution in [0.1, 0.15) is 153 Å². The number of amides is 6. The quantitative estimate of drug-likeness (QED) is 0.0169. The smallest absolute Gasteiger partial charge is 0.391 e. The molecule has 4 aliphatic heterocycles. The van der Waals surface area contributed by atoms with Crippen LogP contribution < -0.4 is 30.9 Å². The molecule has 6 amide bonds. The Labute approximate surface area is 720 Å². The van der Waals surface area contributed by atoms with E-state index in [0.717, 1.165) is 95.3 Å². The van der Waals surface area contributed by atoms with E-state index < -0.39 is 88.2 Å². The molecule has 0 saturated carbocycles. The first-order valence-corrected chi connectivity index (χ1v) is 46.5. The lowest BCUT2D eigenvalue weighted by Gasteiger charge is -2.44. The first kappa shape index (κ1) is 91.4. The number of β-amino-alcohol motifs (C(OH)–C–C–N with tert-alkyl or cyclic N) is 1. The van der Waals surface area contributed by atoms with Gasteiger partial charge in [-0.15, -0.1) is 23.1 Å². The normalized spacial score (nSPS) is 19.5. The number of hydrogen-bond acceptors (Lipinski definition) is 21. The van der Waals surface area contributed by atoms with E-state index >= 15 is 0 Å². The number of pyridine rings is 1. The van der Waals surface area contributed by atoms with Crippen LogP contribution in [-0.2, 0) is 39.0 Å². The number of likely N-dealkylation sites (tertiary alicyclic amines) is 1. The lowest BCUT2D eigenvalue weighted by molar-refractivity contribution is -0.144. The number of aromatic nitrogens is 2. The number of allylic oxidation sites excluding steroid dienone is 1. The number of aliphatic hydroxyl groups is 1. The van der Waals surface area contributed by atoms with Crippen LogP contribution in [0.2, 0.25) is 5.02 Å². The fourth-order valence-electron chi connectivity index (χ4n) is 16.3. The number of ether oxygens (including phenoxy) is 1. The molecule has 121 heavy (non-hydrogen) atoms. The summed E-state index contributed by atoms with van der Waals surface area (Å²) in [6.45, 7) is 21.7. The number of unbranched alkanes of at least 4 members (excludes halogenated alkanes) is 2. The number of sulfonamides is 1. The van der Waals surface area contributed by atoms with Gasteiger partial charge in [0.05, 0.1) is 51.0 Å². The maximum atomic E-state index is 14.5. The van der Waals surface area contributed by atoms with E-state index in [4.69, 9.17) is 16.3 Å². The molecule has 6 N–H and O–H groups in total. The molecule has 0 spiro atoms. The highest BCUT2D eigenvalue weighted by atomic mass is 35.5. The van der Waals surface area contributed by atoms with Gasteiger partial charge >= 0.3 is 5.51 Å². The van der Waals surface area contributed by atoms with Gasteiger partial charge in [0.25, 0.3) is 37.6 Å². The molecule has 3 unspecified atom stereocenters. The van der Waals surface area contributed by atoms with E-state index in [0.29, 0.717) is 133 Å². The van der Waals surface area contributed by atoms with Gasteiger partial charge in [-0.25, -0.2) is 26.5 Å². The van der Waals surface area contributed by atoms with Crippen LogP contribution in [0.15, 0.2) is 165 Å². The minimum atomic E-state index is -6.12. The summed E-state index contributed by atoms with van der Waals surface area (Å²) in [6, 6.07) is 34.3. The van der Waals surface area contributed by atoms with Crippen molar-refractivity contribution in [2.45, 2.75) is 156 Å². The molecule has 12 rings (SSSR count). The zero-order valence-corrected chi connectivity index (χ0v) is 73.2. The fourth-order valence-corrected chi connectivity index (χ4v) is 20.3. The van der Waals surface area contributed by atoms with Crippen molar-refractivity contribution >= 4 is 107 Å². The van der Waals surface area contributed by atoms with Gasteiger partial charge in [-0.05, 0) is 171 Å². The average molecular weight is 1760 g/mol. The topological polar surface area (TPSA) is 306 Å². The molecule has 0 radical (unpaired) electrons. The molecule has 5 aliphatic rings. The number of thioether (sulfide) groups is 1. The van der Waals surface area contributed by atoms with Crippen molar-refractivity contribution in [2.24, 2.45) is 10.8 Å². The van der Waals surface area contributed by atoms with E-state index in [1.165, 1.54) is 46.1 Å². The second-order valence-corrected chi connectivity index (χ2v) is 39.4. The van der Waals surface area contributed by atoms with Crippen molar-refractivity contribution < 1.29 is 68.6 Å². The number of piperazine rings is 2. The van der Waals surface area contributed by atoms with E-state index in [1.54, 1.807) is 46.0 Å². The molecular formula is C88H109ClF3N13O12S4.